The van der Waals surface area contributed by atoms with Gasteiger partial charge in [0.1, 0.15) is 5.41 Å². The van der Waals surface area contributed by atoms with E-state index in [2.05, 4.69) is 42.5 Å². The predicted molar refractivity (Wildman–Crippen MR) is 93.0 cm³/mol. The average Bonchev–Trinajstić information content (AvgIpc) is 2.52. The maximum atomic E-state index is 12.6. The van der Waals surface area contributed by atoms with E-state index in [0.29, 0.717) is 10.1 Å². The van der Waals surface area contributed by atoms with Crippen molar-refractivity contribution in [2.24, 2.45) is 11.0 Å². The molecular weight excluding hydrogens is 414 g/mol. The van der Waals surface area contributed by atoms with Crippen LogP contribution in [0, 0.1) is 4.91 Å². The van der Waals surface area contributed by atoms with Crippen LogP contribution < -0.4 is 11.3 Å². The van der Waals surface area contributed by atoms with Crippen LogP contribution in [0.3, 0.4) is 0 Å². The Morgan fingerprint density at radius 2 is 2.18 bits per heavy atom. The van der Waals surface area contributed by atoms with E-state index in [4.69, 9.17) is 5.84 Å². The van der Waals surface area contributed by atoms with Crippen molar-refractivity contribution in [3.63, 3.8) is 0 Å². The van der Waals surface area contributed by atoms with Gasteiger partial charge in [-0.25, -0.2) is 5.84 Å². The second-order valence-corrected chi connectivity index (χ2v) is 6.37. The Morgan fingerprint density at radius 3 is 2.82 bits per heavy atom. The van der Waals surface area contributed by atoms with Crippen LogP contribution in [0.15, 0.2) is 68.3 Å². The number of nitrogens with one attached hydrogen (secondary N) is 1. The molecule has 1 aliphatic rings. The zero-order valence-corrected chi connectivity index (χ0v) is 14.6. The molecule has 0 aliphatic heterocycles. The van der Waals surface area contributed by atoms with Crippen LogP contribution in [0.25, 0.3) is 0 Å². The third-order valence-electron chi connectivity index (χ3n) is 3.41. The zero-order valence-electron chi connectivity index (χ0n) is 11.4. The fourth-order valence-corrected chi connectivity index (χ4v) is 3.49. The first-order valence-corrected chi connectivity index (χ1v) is 7.97. The number of hydrogen-bond acceptors (Lipinski definition) is 4. The van der Waals surface area contributed by atoms with Crippen LogP contribution in [-0.2, 0) is 10.2 Å². The first-order valence-electron chi connectivity index (χ1n) is 6.38. The molecule has 3 N–H and O–H groups in total. The summed E-state index contributed by atoms with van der Waals surface area (Å²) in [5.41, 5.74) is 2.44. The molecule has 1 aromatic carbocycles. The van der Waals surface area contributed by atoms with Crippen LogP contribution >= 0.6 is 31.9 Å². The highest BCUT2D eigenvalue weighted by Gasteiger charge is 2.43. The van der Waals surface area contributed by atoms with Crippen molar-refractivity contribution in [3.05, 3.63) is 73.6 Å². The number of allylic oxidation sites excluding steroid dienone is 3. The van der Waals surface area contributed by atoms with Crippen molar-refractivity contribution in [2.45, 2.75) is 5.41 Å². The van der Waals surface area contributed by atoms with Crippen molar-refractivity contribution in [3.8, 4) is 0 Å². The summed E-state index contributed by atoms with van der Waals surface area (Å²) < 4.78 is 1.53. The molecule has 0 aromatic heterocycles. The Balaban J connectivity index is 2.72. The summed E-state index contributed by atoms with van der Waals surface area (Å²) in [7, 11) is 0. The number of rotatable bonds is 4. The third kappa shape index (κ3) is 2.97. The summed E-state index contributed by atoms with van der Waals surface area (Å²) in [5.74, 6) is 5.01. The molecule has 1 atom stereocenters. The molecule has 0 saturated carbocycles. The summed E-state index contributed by atoms with van der Waals surface area (Å²) >= 11 is 6.85. The van der Waals surface area contributed by atoms with Crippen LogP contribution in [-0.4, -0.2) is 12.5 Å². The van der Waals surface area contributed by atoms with Gasteiger partial charge in [-0.3, -0.25) is 10.2 Å². The molecule has 1 unspecified atom stereocenters. The number of amides is 1. The Morgan fingerprint density at radius 1 is 1.41 bits per heavy atom. The number of benzene rings is 1. The second kappa shape index (κ2) is 7.13. The molecule has 22 heavy (non-hydrogen) atoms. The zero-order chi connectivity index (χ0) is 16.2. The molecule has 0 bridgehead atoms. The van der Waals surface area contributed by atoms with Crippen LogP contribution in [0.2, 0.25) is 0 Å². The highest BCUT2D eigenvalue weighted by molar-refractivity contribution is 9.12. The number of carbonyl (C=O) groups is 1. The predicted octanol–water partition coefficient (Wildman–Crippen LogP) is 3.22. The van der Waals surface area contributed by atoms with E-state index < -0.39 is 11.3 Å². The van der Waals surface area contributed by atoms with E-state index in [9.17, 15) is 9.70 Å². The molecule has 0 heterocycles. The van der Waals surface area contributed by atoms with Gasteiger partial charge >= 0.3 is 0 Å². The Kier molecular flexibility index (Phi) is 5.44. The summed E-state index contributed by atoms with van der Waals surface area (Å²) in [5, 5.41) is 2.86. The van der Waals surface area contributed by atoms with Crippen LogP contribution in [0.1, 0.15) is 5.56 Å². The summed E-state index contributed by atoms with van der Waals surface area (Å²) in [6, 6.07) is 7.37. The molecule has 7 heteroatoms. The van der Waals surface area contributed by atoms with E-state index >= 15 is 0 Å². The fraction of sp³-hybridized carbons (Fsp3) is 0.133. The summed E-state index contributed by atoms with van der Waals surface area (Å²) in [6.07, 6.45) is 6.94. The molecule has 0 saturated heterocycles. The van der Waals surface area contributed by atoms with E-state index in [0.717, 1.165) is 10.0 Å². The molecule has 2 rings (SSSR count). The fourth-order valence-electron chi connectivity index (χ4n) is 2.46. The SMILES string of the molecule is NNC(=O)C1(c2cccc(Br)c2)C=CC=C(Br)C1=CCN=O. The van der Waals surface area contributed by atoms with Gasteiger partial charge in [-0.2, -0.15) is 4.91 Å². The van der Waals surface area contributed by atoms with Gasteiger partial charge in [-0.1, -0.05) is 67.4 Å². The second-order valence-electron chi connectivity index (χ2n) is 4.60. The number of hydrazine groups is 1. The minimum Gasteiger partial charge on any atom is -0.293 e. The van der Waals surface area contributed by atoms with Crippen molar-refractivity contribution in [2.75, 3.05) is 6.54 Å². The minimum absolute atomic E-state index is 0.0419. The molecule has 1 aromatic rings. The number of nitroso groups, excluding NO2 is 1. The van der Waals surface area contributed by atoms with Gasteiger partial charge in [0.2, 0.25) is 0 Å². The van der Waals surface area contributed by atoms with Crippen molar-refractivity contribution in [1.29, 1.82) is 0 Å². The van der Waals surface area contributed by atoms with Crippen molar-refractivity contribution < 1.29 is 4.79 Å². The largest absolute Gasteiger partial charge is 0.293 e. The quantitative estimate of drug-likeness (QED) is 0.335. The summed E-state index contributed by atoms with van der Waals surface area (Å²) in [4.78, 5) is 23.1. The Hall–Kier alpha value is -1.57. The maximum absolute atomic E-state index is 12.6. The van der Waals surface area contributed by atoms with E-state index in [-0.39, 0.29) is 6.54 Å². The first-order chi connectivity index (χ1) is 10.6. The van der Waals surface area contributed by atoms with E-state index in [1.54, 1.807) is 24.3 Å². The number of carbonyl (C=O) groups excluding carboxylic acids is 1. The number of nitrogens with zero attached hydrogens (tertiary/aromatic N) is 1. The molecular formula is C15H13Br2N3O2. The highest BCUT2D eigenvalue weighted by atomic mass is 79.9. The third-order valence-corrected chi connectivity index (χ3v) is 4.59. The standard InChI is InChI=1S/C15H13Br2N3O2/c16-11-4-1-3-10(9-11)15(14(21)20-18)7-2-5-13(17)12(15)6-8-19-22/h1-7,9H,8,18H2,(H,20,21). The van der Waals surface area contributed by atoms with Gasteiger partial charge in [0.05, 0.1) is 6.54 Å². The maximum Gasteiger partial charge on any atom is 0.252 e. The molecule has 5 nitrogen and oxygen atoms in total. The lowest BCUT2D eigenvalue weighted by Gasteiger charge is -2.34. The number of hydrogen-bond donors (Lipinski definition) is 2. The monoisotopic (exact) mass is 425 g/mol. The Labute approximate surface area is 144 Å². The smallest absolute Gasteiger partial charge is 0.252 e. The number of halogens is 2. The van der Waals surface area contributed by atoms with Gasteiger partial charge in [0.25, 0.3) is 5.91 Å². The molecule has 0 radical (unpaired) electrons. The van der Waals surface area contributed by atoms with Crippen LogP contribution in [0.5, 0.6) is 0 Å². The molecule has 1 amide bonds. The molecule has 0 fully saturated rings. The topological polar surface area (TPSA) is 84.5 Å². The van der Waals surface area contributed by atoms with Gasteiger partial charge in [0, 0.05) is 8.96 Å². The van der Waals surface area contributed by atoms with Crippen molar-refractivity contribution in [1.82, 2.24) is 5.43 Å². The summed E-state index contributed by atoms with van der Waals surface area (Å²) in [6.45, 7) is -0.0419. The van der Waals surface area contributed by atoms with Crippen LogP contribution in [0.4, 0.5) is 0 Å². The number of nitrogens with two attached hydrogens (primary N) is 1. The highest BCUT2D eigenvalue weighted by Crippen LogP contribution is 2.43. The van der Waals surface area contributed by atoms with Gasteiger partial charge in [0.15, 0.2) is 0 Å². The average molecular weight is 427 g/mol. The minimum atomic E-state index is -1.13. The first kappa shape index (κ1) is 16.8. The molecule has 1 aliphatic carbocycles. The van der Waals surface area contributed by atoms with E-state index in [1.165, 1.54) is 0 Å². The van der Waals surface area contributed by atoms with Gasteiger partial charge in [-0.05, 0) is 29.3 Å². The lowest BCUT2D eigenvalue weighted by Crippen LogP contribution is -2.48. The lowest BCUT2D eigenvalue weighted by molar-refractivity contribution is -0.124. The molecule has 114 valence electrons. The van der Waals surface area contributed by atoms with Gasteiger partial charge in [-0.15, -0.1) is 0 Å². The lowest BCUT2D eigenvalue weighted by atomic mass is 9.71. The normalized spacial score (nSPS) is 22.3. The van der Waals surface area contributed by atoms with Gasteiger partial charge < -0.3 is 0 Å². The molecule has 0 spiro atoms. The Bertz CT molecular complexity index is 698. The van der Waals surface area contributed by atoms with Crippen molar-refractivity contribution >= 4 is 37.8 Å². The van der Waals surface area contributed by atoms with E-state index in [1.807, 2.05) is 24.3 Å².